The molecule has 0 aliphatic carbocycles. The van der Waals surface area contributed by atoms with Crippen molar-refractivity contribution in [1.82, 2.24) is 4.57 Å². The van der Waals surface area contributed by atoms with Crippen LogP contribution in [-0.2, 0) is 4.79 Å². The third-order valence-corrected chi connectivity index (χ3v) is 4.43. The van der Waals surface area contributed by atoms with Crippen LogP contribution in [0.5, 0.6) is 0 Å². The van der Waals surface area contributed by atoms with E-state index in [0.29, 0.717) is 10.7 Å². The van der Waals surface area contributed by atoms with Gasteiger partial charge < -0.3 is 9.88 Å². The Kier molecular flexibility index (Phi) is 5.44. The Morgan fingerprint density at radius 1 is 1.15 bits per heavy atom. The van der Waals surface area contributed by atoms with Crippen LogP contribution in [0.3, 0.4) is 0 Å². The maximum absolute atomic E-state index is 12.5. The van der Waals surface area contributed by atoms with Crippen molar-refractivity contribution >= 4 is 29.3 Å². The number of para-hydroxylation sites is 1. The molecule has 134 valence electrons. The van der Waals surface area contributed by atoms with Crippen molar-refractivity contribution < 1.29 is 4.79 Å². The number of hydrogen-bond acceptors (Lipinski definition) is 2. The van der Waals surface area contributed by atoms with Gasteiger partial charge in [-0.2, -0.15) is 5.26 Å². The molecule has 3 aromatic rings. The van der Waals surface area contributed by atoms with E-state index in [-0.39, 0.29) is 5.57 Å². The number of amides is 1. The molecule has 1 amide bonds. The molecule has 3 rings (SSSR count). The Hall–Kier alpha value is -3.29. The Balaban J connectivity index is 1.87. The molecular weight excluding hydrogens is 358 g/mol. The van der Waals surface area contributed by atoms with E-state index in [0.717, 1.165) is 22.5 Å². The minimum absolute atomic E-state index is 0.0274. The van der Waals surface area contributed by atoms with Gasteiger partial charge in [0.15, 0.2) is 0 Å². The fourth-order valence-electron chi connectivity index (χ4n) is 2.78. The summed E-state index contributed by atoms with van der Waals surface area (Å²) >= 11 is 5.99. The number of aromatic nitrogens is 1. The van der Waals surface area contributed by atoms with Crippen LogP contribution in [-0.4, -0.2) is 10.5 Å². The van der Waals surface area contributed by atoms with Gasteiger partial charge in [-0.25, -0.2) is 0 Å². The van der Waals surface area contributed by atoms with E-state index in [1.807, 2.05) is 73.1 Å². The SMILES string of the molecule is Cc1ccc(Cl)cc1NC(=O)/C(C#N)=C/c1cc(C)n(-c2ccccc2)c1. The molecular formula is C22H18ClN3O. The predicted octanol–water partition coefficient (Wildman–Crippen LogP) is 5.29. The fourth-order valence-corrected chi connectivity index (χ4v) is 2.95. The maximum Gasteiger partial charge on any atom is 0.266 e. The first-order valence-corrected chi connectivity index (χ1v) is 8.79. The zero-order valence-electron chi connectivity index (χ0n) is 15.0. The van der Waals surface area contributed by atoms with Gasteiger partial charge in [-0.3, -0.25) is 4.79 Å². The fraction of sp³-hybridized carbons (Fsp3) is 0.0909. The maximum atomic E-state index is 12.5. The Morgan fingerprint density at radius 3 is 2.59 bits per heavy atom. The van der Waals surface area contributed by atoms with Gasteiger partial charge in [0.2, 0.25) is 0 Å². The third kappa shape index (κ3) is 4.28. The summed E-state index contributed by atoms with van der Waals surface area (Å²) in [6.07, 6.45) is 3.49. The molecule has 1 aromatic heterocycles. The zero-order chi connectivity index (χ0) is 19.4. The zero-order valence-corrected chi connectivity index (χ0v) is 15.8. The van der Waals surface area contributed by atoms with E-state index in [1.54, 1.807) is 18.2 Å². The van der Waals surface area contributed by atoms with Gasteiger partial charge >= 0.3 is 0 Å². The van der Waals surface area contributed by atoms with Crippen LogP contribution < -0.4 is 5.32 Å². The number of carbonyl (C=O) groups excluding carboxylic acids is 1. The Bertz CT molecular complexity index is 1060. The van der Waals surface area contributed by atoms with Gasteiger partial charge in [0.05, 0.1) is 0 Å². The molecule has 0 saturated heterocycles. The highest BCUT2D eigenvalue weighted by Gasteiger charge is 2.12. The molecule has 0 aliphatic heterocycles. The van der Waals surface area contributed by atoms with Crippen molar-refractivity contribution in [3.63, 3.8) is 0 Å². The van der Waals surface area contributed by atoms with Crippen LogP contribution >= 0.6 is 11.6 Å². The van der Waals surface area contributed by atoms with Gasteiger partial charge in [0.25, 0.3) is 5.91 Å². The average molecular weight is 376 g/mol. The molecule has 0 atom stereocenters. The lowest BCUT2D eigenvalue weighted by atomic mass is 10.1. The van der Waals surface area contributed by atoms with E-state index in [2.05, 4.69) is 5.32 Å². The van der Waals surface area contributed by atoms with E-state index < -0.39 is 5.91 Å². The van der Waals surface area contributed by atoms with Gasteiger partial charge in [-0.1, -0.05) is 35.9 Å². The molecule has 0 saturated carbocycles. The molecule has 5 heteroatoms. The van der Waals surface area contributed by atoms with Crippen LogP contribution in [0.2, 0.25) is 5.02 Å². The van der Waals surface area contributed by atoms with Crippen LogP contribution in [0.15, 0.2) is 66.4 Å². The average Bonchev–Trinajstić information content (AvgIpc) is 3.03. The van der Waals surface area contributed by atoms with Crippen molar-refractivity contribution in [3.8, 4) is 11.8 Å². The third-order valence-electron chi connectivity index (χ3n) is 4.19. The van der Waals surface area contributed by atoms with Gasteiger partial charge in [0, 0.05) is 28.3 Å². The highest BCUT2D eigenvalue weighted by molar-refractivity contribution is 6.31. The molecule has 0 radical (unpaired) electrons. The van der Waals surface area contributed by atoms with Crippen molar-refractivity contribution in [3.05, 3.63) is 88.2 Å². The lowest BCUT2D eigenvalue weighted by Gasteiger charge is -2.08. The molecule has 0 bridgehead atoms. The number of carbonyl (C=O) groups is 1. The molecule has 2 aromatic carbocycles. The molecule has 4 nitrogen and oxygen atoms in total. The first-order valence-electron chi connectivity index (χ1n) is 8.41. The molecule has 0 unspecified atom stereocenters. The van der Waals surface area contributed by atoms with E-state index in [9.17, 15) is 10.1 Å². The standard InChI is InChI=1S/C22H18ClN3O/c1-15-8-9-19(23)12-21(15)25-22(27)18(13-24)11-17-10-16(2)26(14-17)20-6-4-3-5-7-20/h3-12,14H,1-2H3,(H,25,27)/b18-11+. The first kappa shape index (κ1) is 18.5. The first-order chi connectivity index (χ1) is 13.0. The van der Waals surface area contributed by atoms with Crippen molar-refractivity contribution in [2.75, 3.05) is 5.32 Å². The smallest absolute Gasteiger partial charge is 0.266 e. The summed E-state index contributed by atoms with van der Waals surface area (Å²) in [6, 6.07) is 19.0. The molecule has 0 spiro atoms. The number of halogens is 1. The lowest BCUT2D eigenvalue weighted by Crippen LogP contribution is -2.14. The van der Waals surface area contributed by atoms with E-state index >= 15 is 0 Å². The largest absolute Gasteiger partial charge is 0.321 e. The summed E-state index contributed by atoms with van der Waals surface area (Å²) < 4.78 is 2.01. The summed E-state index contributed by atoms with van der Waals surface area (Å²) in [7, 11) is 0. The van der Waals surface area contributed by atoms with Crippen LogP contribution in [0, 0.1) is 25.2 Å². The monoisotopic (exact) mass is 375 g/mol. The quantitative estimate of drug-likeness (QED) is 0.497. The molecule has 0 fully saturated rings. The predicted molar refractivity (Wildman–Crippen MR) is 109 cm³/mol. The number of nitrogens with zero attached hydrogens (tertiary/aromatic N) is 2. The minimum atomic E-state index is -0.465. The number of rotatable bonds is 4. The number of nitriles is 1. The lowest BCUT2D eigenvalue weighted by molar-refractivity contribution is -0.112. The molecule has 1 N–H and O–H groups in total. The van der Waals surface area contributed by atoms with Crippen molar-refractivity contribution in [2.45, 2.75) is 13.8 Å². The minimum Gasteiger partial charge on any atom is -0.321 e. The van der Waals surface area contributed by atoms with Crippen LogP contribution in [0.4, 0.5) is 5.69 Å². The number of anilines is 1. The van der Waals surface area contributed by atoms with E-state index in [1.165, 1.54) is 0 Å². The summed E-state index contributed by atoms with van der Waals surface area (Å²) in [5.74, 6) is -0.465. The molecule has 0 aliphatic rings. The van der Waals surface area contributed by atoms with Crippen LogP contribution in [0.1, 0.15) is 16.8 Å². The number of aryl methyl sites for hydroxylation is 2. The Labute approximate surface area is 163 Å². The second-order valence-electron chi connectivity index (χ2n) is 6.20. The number of benzene rings is 2. The number of hydrogen-bond donors (Lipinski definition) is 1. The normalized spacial score (nSPS) is 11.1. The van der Waals surface area contributed by atoms with E-state index in [4.69, 9.17) is 11.6 Å². The van der Waals surface area contributed by atoms with Gasteiger partial charge in [0.1, 0.15) is 11.6 Å². The van der Waals surface area contributed by atoms with Crippen LogP contribution in [0.25, 0.3) is 11.8 Å². The summed E-state index contributed by atoms with van der Waals surface area (Å²) in [6.45, 7) is 3.84. The highest BCUT2D eigenvalue weighted by Crippen LogP contribution is 2.22. The molecule has 27 heavy (non-hydrogen) atoms. The second kappa shape index (κ2) is 7.94. The summed E-state index contributed by atoms with van der Waals surface area (Å²) in [4.78, 5) is 12.5. The van der Waals surface area contributed by atoms with Crippen molar-refractivity contribution in [1.29, 1.82) is 5.26 Å². The summed E-state index contributed by atoms with van der Waals surface area (Å²) in [5, 5.41) is 12.7. The van der Waals surface area contributed by atoms with Crippen molar-refractivity contribution in [2.24, 2.45) is 0 Å². The van der Waals surface area contributed by atoms with Gasteiger partial charge in [-0.05, 0) is 61.4 Å². The molecule has 1 heterocycles. The number of nitrogens with one attached hydrogen (secondary N) is 1. The van der Waals surface area contributed by atoms with Gasteiger partial charge in [-0.15, -0.1) is 0 Å². The second-order valence-corrected chi connectivity index (χ2v) is 6.64. The summed E-state index contributed by atoms with van der Waals surface area (Å²) in [5.41, 5.74) is 4.30. The highest BCUT2D eigenvalue weighted by atomic mass is 35.5. The topological polar surface area (TPSA) is 57.8 Å². The Morgan fingerprint density at radius 2 is 1.89 bits per heavy atom.